The molecule has 2 heterocycles. The summed E-state index contributed by atoms with van der Waals surface area (Å²) >= 11 is 1.31. The van der Waals surface area contributed by atoms with Gasteiger partial charge in [-0.15, -0.1) is 11.3 Å². The van der Waals surface area contributed by atoms with Gasteiger partial charge in [0, 0.05) is 17.5 Å². The highest BCUT2D eigenvalue weighted by Gasteiger charge is 2.40. The van der Waals surface area contributed by atoms with Gasteiger partial charge in [-0.3, -0.25) is 0 Å². The van der Waals surface area contributed by atoms with Crippen LogP contribution in [0.3, 0.4) is 0 Å². The molecule has 2 fully saturated rings. The molecule has 0 amide bonds. The van der Waals surface area contributed by atoms with E-state index in [1.165, 1.54) is 17.8 Å². The van der Waals surface area contributed by atoms with Crippen LogP contribution < -0.4 is 0 Å². The molecule has 0 spiro atoms. The number of nitrogens with zero attached hydrogens (tertiary/aromatic N) is 1. The highest BCUT2D eigenvalue weighted by Crippen LogP contribution is 2.39. The van der Waals surface area contributed by atoms with Crippen LogP contribution in [0.4, 0.5) is 0 Å². The maximum atomic E-state index is 12.9. The van der Waals surface area contributed by atoms with Crippen LogP contribution >= 0.6 is 11.3 Å². The topological polar surface area (TPSA) is 57.6 Å². The van der Waals surface area contributed by atoms with Gasteiger partial charge in [-0.2, -0.15) is 4.31 Å². The molecule has 6 heteroatoms. The molecule has 1 N–H and O–H groups in total. The van der Waals surface area contributed by atoms with Crippen LogP contribution in [0.25, 0.3) is 0 Å². The number of piperidine rings is 1. The molecule has 2 aliphatic rings. The van der Waals surface area contributed by atoms with E-state index in [1.807, 2.05) is 0 Å². The Morgan fingerprint density at radius 3 is 2.80 bits per heavy atom. The zero-order valence-electron chi connectivity index (χ0n) is 11.5. The van der Waals surface area contributed by atoms with Crippen LogP contribution in [0.5, 0.6) is 0 Å². The molecule has 1 saturated heterocycles. The van der Waals surface area contributed by atoms with E-state index in [1.54, 1.807) is 15.8 Å². The number of hydrogen-bond acceptors (Lipinski definition) is 4. The van der Waals surface area contributed by atoms with Gasteiger partial charge in [0.2, 0.25) is 10.0 Å². The first kappa shape index (κ1) is 14.5. The van der Waals surface area contributed by atoms with E-state index in [-0.39, 0.29) is 12.6 Å². The fourth-order valence-electron chi connectivity index (χ4n) is 3.68. The molecule has 2 unspecified atom stereocenters. The van der Waals surface area contributed by atoms with Gasteiger partial charge < -0.3 is 5.11 Å². The molecular weight excluding hydrogens is 294 g/mol. The number of rotatable bonds is 3. The Balaban J connectivity index is 1.93. The molecule has 1 aromatic heterocycles. The third kappa shape index (κ3) is 2.43. The highest BCUT2D eigenvalue weighted by molar-refractivity contribution is 7.89. The van der Waals surface area contributed by atoms with Crippen molar-refractivity contribution in [3.63, 3.8) is 0 Å². The summed E-state index contributed by atoms with van der Waals surface area (Å²) in [6.45, 7) is 0.429. The SMILES string of the molecule is O=S(=O)(c1ccsc1CO)N1CCCC2CCCCC21. The van der Waals surface area contributed by atoms with Gasteiger partial charge in [0.05, 0.1) is 11.5 Å². The molecule has 1 aliphatic carbocycles. The van der Waals surface area contributed by atoms with Crippen molar-refractivity contribution in [2.75, 3.05) is 6.54 Å². The Kier molecular flexibility index (Phi) is 4.17. The van der Waals surface area contributed by atoms with Crippen molar-refractivity contribution in [3.8, 4) is 0 Å². The second-order valence-electron chi connectivity index (χ2n) is 5.74. The minimum absolute atomic E-state index is 0.175. The monoisotopic (exact) mass is 315 g/mol. The molecule has 0 bridgehead atoms. The zero-order chi connectivity index (χ0) is 14.2. The lowest BCUT2D eigenvalue weighted by molar-refractivity contribution is 0.129. The fraction of sp³-hybridized carbons (Fsp3) is 0.714. The van der Waals surface area contributed by atoms with Crippen molar-refractivity contribution in [1.29, 1.82) is 0 Å². The van der Waals surface area contributed by atoms with Crippen LogP contribution in [0.15, 0.2) is 16.3 Å². The van der Waals surface area contributed by atoms with E-state index in [2.05, 4.69) is 0 Å². The third-order valence-corrected chi connectivity index (χ3v) is 7.67. The van der Waals surface area contributed by atoms with E-state index >= 15 is 0 Å². The quantitative estimate of drug-likeness (QED) is 0.932. The Hall–Kier alpha value is -0.430. The molecule has 2 atom stereocenters. The lowest BCUT2D eigenvalue weighted by atomic mass is 9.79. The molecule has 4 nitrogen and oxygen atoms in total. The first-order valence-electron chi connectivity index (χ1n) is 7.33. The third-order valence-electron chi connectivity index (χ3n) is 4.63. The molecule has 1 aromatic rings. The Morgan fingerprint density at radius 2 is 2.00 bits per heavy atom. The van der Waals surface area contributed by atoms with E-state index in [4.69, 9.17) is 0 Å². The summed E-state index contributed by atoms with van der Waals surface area (Å²) < 4.78 is 27.5. The first-order valence-corrected chi connectivity index (χ1v) is 9.65. The minimum Gasteiger partial charge on any atom is -0.391 e. The van der Waals surface area contributed by atoms with Gasteiger partial charge in [0.1, 0.15) is 0 Å². The number of thiophene rings is 1. The predicted octanol–water partition coefficient (Wildman–Crippen LogP) is 2.58. The van der Waals surface area contributed by atoms with Crippen molar-refractivity contribution in [3.05, 3.63) is 16.3 Å². The van der Waals surface area contributed by atoms with E-state index in [0.717, 1.165) is 32.1 Å². The van der Waals surface area contributed by atoms with Crippen LogP contribution in [0.1, 0.15) is 43.4 Å². The highest BCUT2D eigenvalue weighted by atomic mass is 32.2. The van der Waals surface area contributed by atoms with Crippen LogP contribution in [0, 0.1) is 5.92 Å². The average molecular weight is 315 g/mol. The summed E-state index contributed by atoms with van der Waals surface area (Å²) in [5.74, 6) is 0.531. The average Bonchev–Trinajstić information content (AvgIpc) is 2.96. The molecule has 3 rings (SSSR count). The number of aliphatic hydroxyl groups excluding tert-OH is 1. The Bertz CT molecular complexity index is 565. The van der Waals surface area contributed by atoms with Crippen molar-refractivity contribution in [2.24, 2.45) is 5.92 Å². The van der Waals surface area contributed by atoms with Gasteiger partial charge in [-0.25, -0.2) is 8.42 Å². The van der Waals surface area contributed by atoms with E-state index in [0.29, 0.717) is 22.2 Å². The van der Waals surface area contributed by atoms with Crippen molar-refractivity contribution in [2.45, 2.75) is 56.1 Å². The van der Waals surface area contributed by atoms with Gasteiger partial charge in [0.25, 0.3) is 0 Å². The van der Waals surface area contributed by atoms with Crippen molar-refractivity contribution in [1.82, 2.24) is 4.31 Å². The van der Waals surface area contributed by atoms with E-state index < -0.39 is 10.0 Å². The first-order chi connectivity index (χ1) is 9.64. The summed E-state index contributed by atoms with van der Waals surface area (Å²) in [7, 11) is -3.45. The minimum atomic E-state index is -3.45. The number of sulfonamides is 1. The summed E-state index contributed by atoms with van der Waals surface area (Å²) in [5.41, 5.74) is 0. The second-order valence-corrected chi connectivity index (χ2v) is 8.60. The molecule has 20 heavy (non-hydrogen) atoms. The van der Waals surface area contributed by atoms with Gasteiger partial charge in [0.15, 0.2) is 0 Å². The molecule has 0 radical (unpaired) electrons. The molecule has 0 aromatic carbocycles. The summed E-state index contributed by atoms with van der Waals surface area (Å²) in [5, 5.41) is 11.1. The Morgan fingerprint density at radius 1 is 1.25 bits per heavy atom. The maximum absolute atomic E-state index is 12.9. The number of hydrogen-bond donors (Lipinski definition) is 1. The van der Waals surface area contributed by atoms with Gasteiger partial charge in [-0.1, -0.05) is 12.8 Å². The summed E-state index contributed by atoms with van der Waals surface area (Å²) in [6.07, 6.45) is 6.63. The molecular formula is C14H21NO3S2. The van der Waals surface area contributed by atoms with Crippen molar-refractivity contribution < 1.29 is 13.5 Å². The lowest BCUT2D eigenvalue weighted by Gasteiger charge is -2.43. The van der Waals surface area contributed by atoms with E-state index in [9.17, 15) is 13.5 Å². The standard InChI is InChI=1S/C14H21NO3S2/c16-10-13-14(7-9-19-13)20(17,18)15-8-3-5-11-4-1-2-6-12(11)15/h7,9,11-12,16H,1-6,8,10H2. The molecule has 1 saturated carbocycles. The fourth-order valence-corrected chi connectivity index (χ4v) is 6.70. The van der Waals surface area contributed by atoms with Gasteiger partial charge >= 0.3 is 0 Å². The smallest absolute Gasteiger partial charge is 0.244 e. The second kappa shape index (κ2) is 5.75. The number of fused-ring (bicyclic) bond motifs is 1. The largest absolute Gasteiger partial charge is 0.391 e. The van der Waals surface area contributed by atoms with Crippen LogP contribution in [0.2, 0.25) is 0 Å². The van der Waals surface area contributed by atoms with Crippen LogP contribution in [-0.2, 0) is 16.6 Å². The predicted molar refractivity (Wildman–Crippen MR) is 79.1 cm³/mol. The molecule has 112 valence electrons. The molecule has 1 aliphatic heterocycles. The summed E-state index contributed by atoms with van der Waals surface area (Å²) in [6, 6.07) is 1.81. The normalized spacial score (nSPS) is 28.2. The lowest BCUT2D eigenvalue weighted by Crippen LogP contribution is -2.49. The number of aliphatic hydroxyl groups is 1. The van der Waals surface area contributed by atoms with Crippen LogP contribution in [-0.4, -0.2) is 30.4 Å². The summed E-state index contributed by atoms with van der Waals surface area (Å²) in [4.78, 5) is 0.874. The van der Waals surface area contributed by atoms with Crippen molar-refractivity contribution >= 4 is 21.4 Å². The van der Waals surface area contributed by atoms with Gasteiger partial charge in [-0.05, 0) is 43.0 Å². The Labute approximate surface area is 124 Å². The maximum Gasteiger partial charge on any atom is 0.244 e. The zero-order valence-corrected chi connectivity index (χ0v) is 13.1.